The number of unbranched alkanes of at least 4 members (excludes halogenated alkanes) is 1. The molecule has 2 heteroatoms. The Bertz CT molecular complexity index is 640. The molecule has 1 nitrogen and oxygen atoms in total. The van der Waals surface area contributed by atoms with Crippen LogP contribution in [-0.2, 0) is 0 Å². The van der Waals surface area contributed by atoms with Crippen LogP contribution in [0.2, 0.25) is 0 Å². The van der Waals surface area contributed by atoms with Crippen LogP contribution in [0.15, 0.2) is 36.4 Å². The number of hydrogen-bond acceptors (Lipinski definition) is 1. The zero-order chi connectivity index (χ0) is 20.3. The third kappa shape index (κ3) is 7.61. The van der Waals surface area contributed by atoms with Crippen LogP contribution in [0, 0.1) is 34.9 Å². The largest absolute Gasteiger partial charge is 0.207 e. The summed E-state index contributed by atoms with van der Waals surface area (Å²) in [6.45, 7) is 0. The van der Waals surface area contributed by atoms with E-state index in [9.17, 15) is 4.39 Å². The average molecular weight is 396 g/mol. The average Bonchev–Trinajstić information content (AvgIpc) is 2.76. The van der Waals surface area contributed by atoms with Crippen molar-refractivity contribution in [2.75, 3.05) is 0 Å². The van der Waals surface area contributed by atoms with Gasteiger partial charge in [0.1, 0.15) is 5.82 Å². The van der Waals surface area contributed by atoms with Gasteiger partial charge >= 0.3 is 0 Å². The van der Waals surface area contributed by atoms with Crippen molar-refractivity contribution in [2.45, 2.75) is 95.8 Å². The van der Waals surface area contributed by atoms with Crippen molar-refractivity contribution in [1.82, 2.24) is 0 Å². The standard InChI is InChI=1S/C27H38FN/c28-27-19-17-26(18-20-27)25-15-13-24(14-16-25)8-4-3-7-23-11-9-22(10-12-23)6-2-1-5-21-29/h1,5,17-20,22-25H,2-4,6-16H2/t22-,23-,24-,25-. The molecule has 0 unspecified atom stereocenters. The molecule has 2 aliphatic rings. The van der Waals surface area contributed by atoms with Crippen molar-refractivity contribution in [3.05, 3.63) is 47.8 Å². The fourth-order valence-electron chi connectivity index (χ4n) is 5.66. The summed E-state index contributed by atoms with van der Waals surface area (Å²) < 4.78 is 13.1. The molecule has 0 heterocycles. The molecule has 0 saturated heterocycles. The minimum Gasteiger partial charge on any atom is -0.207 e. The van der Waals surface area contributed by atoms with Gasteiger partial charge in [-0.2, -0.15) is 5.26 Å². The van der Waals surface area contributed by atoms with E-state index in [4.69, 9.17) is 5.26 Å². The summed E-state index contributed by atoms with van der Waals surface area (Å²) in [7, 11) is 0. The molecule has 0 atom stereocenters. The zero-order valence-corrected chi connectivity index (χ0v) is 18.0. The summed E-state index contributed by atoms with van der Waals surface area (Å²) in [4.78, 5) is 0. The molecule has 3 rings (SSSR count). The smallest absolute Gasteiger partial charge is 0.123 e. The minimum absolute atomic E-state index is 0.122. The van der Waals surface area contributed by atoms with Gasteiger partial charge in [-0.05, 0) is 79.9 Å². The molecule has 0 N–H and O–H groups in total. The highest BCUT2D eigenvalue weighted by Crippen LogP contribution is 2.38. The Morgan fingerprint density at radius 1 is 0.793 bits per heavy atom. The topological polar surface area (TPSA) is 23.8 Å². The molecule has 158 valence electrons. The molecule has 0 aromatic heterocycles. The van der Waals surface area contributed by atoms with Gasteiger partial charge in [0, 0.05) is 6.08 Å². The van der Waals surface area contributed by atoms with Crippen LogP contribution in [0.4, 0.5) is 4.39 Å². The number of allylic oxidation sites excluding steroid dienone is 2. The molecule has 0 amide bonds. The molecular formula is C27H38FN. The van der Waals surface area contributed by atoms with E-state index in [-0.39, 0.29) is 5.82 Å². The number of halogens is 1. The van der Waals surface area contributed by atoms with Crippen LogP contribution in [-0.4, -0.2) is 0 Å². The summed E-state index contributed by atoms with van der Waals surface area (Å²) in [5.41, 5.74) is 1.33. The van der Waals surface area contributed by atoms with E-state index in [1.807, 2.05) is 18.2 Å². The number of rotatable bonds is 9. The lowest BCUT2D eigenvalue weighted by molar-refractivity contribution is 0.244. The molecule has 1 aromatic rings. The van der Waals surface area contributed by atoms with Gasteiger partial charge in [-0.3, -0.25) is 0 Å². The molecule has 29 heavy (non-hydrogen) atoms. The quantitative estimate of drug-likeness (QED) is 0.304. The molecule has 0 radical (unpaired) electrons. The first-order valence-electron chi connectivity index (χ1n) is 12.0. The first-order valence-corrected chi connectivity index (χ1v) is 12.0. The van der Waals surface area contributed by atoms with E-state index in [0.717, 1.165) is 24.2 Å². The monoisotopic (exact) mass is 395 g/mol. The van der Waals surface area contributed by atoms with Crippen LogP contribution in [0.25, 0.3) is 0 Å². The number of hydrogen-bond donors (Lipinski definition) is 0. The van der Waals surface area contributed by atoms with Gasteiger partial charge in [0.15, 0.2) is 0 Å². The summed E-state index contributed by atoms with van der Waals surface area (Å²) >= 11 is 0. The van der Waals surface area contributed by atoms with Crippen molar-refractivity contribution in [2.24, 2.45) is 17.8 Å². The van der Waals surface area contributed by atoms with Crippen molar-refractivity contribution in [1.29, 1.82) is 5.26 Å². The highest BCUT2D eigenvalue weighted by Gasteiger charge is 2.23. The molecular weight excluding hydrogens is 357 g/mol. The maximum absolute atomic E-state index is 13.1. The Morgan fingerprint density at radius 3 is 1.86 bits per heavy atom. The molecule has 1 aromatic carbocycles. The number of benzene rings is 1. The SMILES string of the molecule is N#CC=CCC[C@H]1CC[C@H](CCCC[C@H]2CC[C@H](c3ccc(F)cc3)CC2)CC1. The highest BCUT2D eigenvalue weighted by atomic mass is 19.1. The second-order valence-electron chi connectivity index (χ2n) is 9.55. The molecule has 0 bridgehead atoms. The van der Waals surface area contributed by atoms with Gasteiger partial charge in [-0.1, -0.05) is 69.6 Å². The normalized spacial score (nSPS) is 27.7. The highest BCUT2D eigenvalue weighted by molar-refractivity contribution is 5.20. The summed E-state index contributed by atoms with van der Waals surface area (Å²) in [6, 6.07) is 9.28. The van der Waals surface area contributed by atoms with Gasteiger partial charge < -0.3 is 0 Å². The fourth-order valence-corrected chi connectivity index (χ4v) is 5.66. The van der Waals surface area contributed by atoms with Crippen LogP contribution < -0.4 is 0 Å². The fraction of sp³-hybridized carbons (Fsp3) is 0.667. The van der Waals surface area contributed by atoms with Gasteiger partial charge in [0.05, 0.1) is 6.07 Å². The van der Waals surface area contributed by atoms with Crippen molar-refractivity contribution in [3.8, 4) is 6.07 Å². The van der Waals surface area contributed by atoms with Crippen LogP contribution >= 0.6 is 0 Å². The van der Waals surface area contributed by atoms with Gasteiger partial charge in [0.25, 0.3) is 0 Å². The van der Waals surface area contributed by atoms with Crippen molar-refractivity contribution < 1.29 is 4.39 Å². The summed E-state index contributed by atoms with van der Waals surface area (Å²) in [6.07, 6.45) is 22.6. The number of nitriles is 1. The van der Waals surface area contributed by atoms with Crippen molar-refractivity contribution in [3.63, 3.8) is 0 Å². The number of nitrogens with zero attached hydrogens (tertiary/aromatic N) is 1. The molecule has 2 fully saturated rings. The first-order chi connectivity index (χ1) is 14.2. The Balaban J connectivity index is 1.22. The van der Waals surface area contributed by atoms with E-state index < -0.39 is 0 Å². The van der Waals surface area contributed by atoms with Crippen molar-refractivity contribution >= 4 is 0 Å². The molecule has 2 saturated carbocycles. The second kappa shape index (κ2) is 12.2. The second-order valence-corrected chi connectivity index (χ2v) is 9.55. The van der Waals surface area contributed by atoms with E-state index in [2.05, 4.69) is 6.07 Å². The van der Waals surface area contributed by atoms with Gasteiger partial charge in [-0.15, -0.1) is 0 Å². The zero-order valence-electron chi connectivity index (χ0n) is 18.0. The van der Waals surface area contributed by atoms with E-state index in [1.54, 1.807) is 18.2 Å². The lowest BCUT2D eigenvalue weighted by Gasteiger charge is -2.30. The Hall–Kier alpha value is -1.62. The maximum Gasteiger partial charge on any atom is 0.123 e. The Kier molecular flexibility index (Phi) is 9.26. The lowest BCUT2D eigenvalue weighted by Crippen LogP contribution is -2.15. The van der Waals surface area contributed by atoms with E-state index in [1.165, 1.54) is 89.0 Å². The van der Waals surface area contributed by atoms with Crippen LogP contribution in [0.1, 0.15) is 101 Å². The van der Waals surface area contributed by atoms with Crippen LogP contribution in [0.5, 0.6) is 0 Å². The van der Waals surface area contributed by atoms with Crippen LogP contribution in [0.3, 0.4) is 0 Å². The van der Waals surface area contributed by atoms with E-state index in [0.29, 0.717) is 5.92 Å². The minimum atomic E-state index is -0.122. The third-order valence-corrected chi connectivity index (χ3v) is 7.56. The predicted molar refractivity (Wildman–Crippen MR) is 119 cm³/mol. The predicted octanol–water partition coefficient (Wildman–Crippen LogP) is 8.33. The van der Waals surface area contributed by atoms with Gasteiger partial charge in [-0.25, -0.2) is 4.39 Å². The van der Waals surface area contributed by atoms with Gasteiger partial charge in [0.2, 0.25) is 0 Å². The molecule has 0 aliphatic heterocycles. The third-order valence-electron chi connectivity index (χ3n) is 7.56. The Labute approximate surface area is 177 Å². The molecule has 2 aliphatic carbocycles. The lowest BCUT2D eigenvalue weighted by atomic mass is 9.76. The van der Waals surface area contributed by atoms with E-state index >= 15 is 0 Å². The summed E-state index contributed by atoms with van der Waals surface area (Å²) in [5, 5.41) is 8.54. The maximum atomic E-state index is 13.1. The molecule has 0 spiro atoms. The first kappa shape index (κ1) is 22.1. The Morgan fingerprint density at radius 2 is 1.31 bits per heavy atom. The summed E-state index contributed by atoms with van der Waals surface area (Å²) in [5.74, 6) is 3.31.